The maximum absolute atomic E-state index is 13.8. The summed E-state index contributed by atoms with van der Waals surface area (Å²) < 4.78 is 45.1. The Labute approximate surface area is 285 Å². The molecule has 10 heteroatoms. The monoisotopic (exact) mass is 681 g/mol. The first-order valence-corrected chi connectivity index (χ1v) is 18.5. The number of nitrogens with zero attached hydrogens (tertiary/aromatic N) is 2. The molecule has 0 saturated carbocycles. The number of hydrogen-bond acceptors (Lipinski definition) is 8. The Morgan fingerprint density at radius 1 is 0.957 bits per heavy atom. The van der Waals surface area contributed by atoms with E-state index in [0.717, 1.165) is 43.6 Å². The number of anilines is 1. The van der Waals surface area contributed by atoms with Crippen molar-refractivity contribution in [3.05, 3.63) is 53.6 Å². The van der Waals surface area contributed by atoms with Crippen LogP contribution in [0.1, 0.15) is 83.8 Å². The van der Waals surface area contributed by atoms with Crippen molar-refractivity contribution in [2.75, 3.05) is 70.9 Å². The van der Waals surface area contributed by atoms with Gasteiger partial charge in [-0.05, 0) is 74.2 Å². The van der Waals surface area contributed by atoms with E-state index in [1.807, 2.05) is 62.3 Å². The molecule has 3 rings (SSSR count). The zero-order valence-electron chi connectivity index (χ0n) is 29.1. The molecule has 46 heavy (non-hydrogen) atoms. The predicted molar refractivity (Wildman–Crippen MR) is 183 cm³/mol. The number of ether oxygens (including phenoxy) is 3. The molecular formula is C36H58ClN2O6S-. The van der Waals surface area contributed by atoms with Crippen LogP contribution >= 0.6 is 0 Å². The van der Waals surface area contributed by atoms with Gasteiger partial charge in [0.05, 0.1) is 43.2 Å². The lowest BCUT2D eigenvalue weighted by Gasteiger charge is -2.39. The van der Waals surface area contributed by atoms with E-state index in [1.165, 1.54) is 0 Å². The molecule has 2 aromatic carbocycles. The van der Waals surface area contributed by atoms with Crippen LogP contribution in [0.25, 0.3) is 0 Å². The van der Waals surface area contributed by atoms with Gasteiger partial charge in [-0.3, -0.25) is 4.90 Å². The molecule has 0 fully saturated rings. The molecule has 262 valence electrons. The third kappa shape index (κ3) is 10.3. The van der Waals surface area contributed by atoms with Crippen molar-refractivity contribution in [1.82, 2.24) is 4.90 Å². The molecule has 0 saturated heterocycles. The van der Waals surface area contributed by atoms with E-state index in [-0.39, 0.29) is 18.2 Å². The van der Waals surface area contributed by atoms with E-state index in [9.17, 15) is 13.5 Å². The summed E-state index contributed by atoms with van der Waals surface area (Å²) in [5, 5.41) is 12.1. The largest absolute Gasteiger partial charge is 1.00 e. The molecular weight excluding hydrogens is 624 g/mol. The fourth-order valence-corrected chi connectivity index (χ4v) is 8.70. The minimum atomic E-state index is -3.62. The summed E-state index contributed by atoms with van der Waals surface area (Å²) in [6.07, 6.45) is 3.33. The van der Waals surface area contributed by atoms with Crippen LogP contribution in [0, 0.1) is 5.41 Å². The normalized spacial score (nSPS) is 21.2. The lowest BCUT2D eigenvalue weighted by atomic mass is 9.69. The van der Waals surface area contributed by atoms with Crippen molar-refractivity contribution in [2.24, 2.45) is 5.41 Å². The molecule has 4 atom stereocenters. The van der Waals surface area contributed by atoms with Gasteiger partial charge in [-0.15, -0.1) is 0 Å². The van der Waals surface area contributed by atoms with Crippen molar-refractivity contribution >= 4 is 15.5 Å². The third-order valence-electron chi connectivity index (χ3n) is 9.58. The number of aliphatic hydroxyl groups is 1. The molecule has 1 heterocycles. The Balaban J connectivity index is 0.00000736. The summed E-state index contributed by atoms with van der Waals surface area (Å²) >= 11 is 0. The van der Waals surface area contributed by atoms with Crippen LogP contribution in [0.4, 0.5) is 5.69 Å². The highest BCUT2D eigenvalue weighted by atomic mass is 35.5. The molecule has 1 aliphatic heterocycles. The van der Waals surface area contributed by atoms with Crippen LogP contribution in [0.5, 0.6) is 5.75 Å². The standard InChI is InChI=1S/C36H58N2O6S.ClH/c1-8-12-19-36(10-3)27-45(40,41)33-18-15-30(37(6)7)26-32(33)34(35(36)39)29-13-16-31(17-14-29)44-25-24-43-23-22-42-21-20-38(11-4)28(5)9-2;/h13-18,26,28,34-35,39H,8-12,19-25,27H2,1-7H3;1H/p-1/t28?,34-,35-,36-;/m1./s1. The number of fused-ring (bicyclic) bond motifs is 1. The first-order valence-electron chi connectivity index (χ1n) is 16.9. The van der Waals surface area contributed by atoms with Crippen LogP contribution in [0.15, 0.2) is 47.4 Å². The predicted octanol–water partition coefficient (Wildman–Crippen LogP) is 3.16. The number of likely N-dealkylation sites (N-methyl/N-ethyl adjacent to an activating group) is 1. The number of aliphatic hydroxyl groups excluding tert-OH is 1. The van der Waals surface area contributed by atoms with Crippen molar-refractivity contribution < 1.29 is 40.1 Å². The Morgan fingerprint density at radius 2 is 1.61 bits per heavy atom. The van der Waals surface area contributed by atoms with Crippen molar-refractivity contribution in [3.8, 4) is 5.75 Å². The maximum Gasteiger partial charge on any atom is 0.179 e. The van der Waals surface area contributed by atoms with E-state index in [1.54, 1.807) is 6.07 Å². The molecule has 1 N–H and O–H groups in total. The van der Waals surface area contributed by atoms with Gasteiger partial charge >= 0.3 is 0 Å². The van der Waals surface area contributed by atoms with Crippen molar-refractivity contribution in [3.63, 3.8) is 0 Å². The quantitative estimate of drug-likeness (QED) is 0.227. The first-order chi connectivity index (χ1) is 21.5. The van der Waals surface area contributed by atoms with Gasteiger partial charge in [0.25, 0.3) is 0 Å². The van der Waals surface area contributed by atoms with Gasteiger partial charge in [-0.25, -0.2) is 8.42 Å². The Bertz CT molecular complexity index is 1280. The van der Waals surface area contributed by atoms with Gasteiger partial charge < -0.3 is 36.6 Å². The topological polar surface area (TPSA) is 88.5 Å². The highest BCUT2D eigenvalue weighted by Crippen LogP contribution is 2.49. The summed E-state index contributed by atoms with van der Waals surface area (Å²) in [5.74, 6) is 0.166. The number of unbranched alkanes of at least 4 members (excludes halogenated alkanes) is 1. The van der Waals surface area contributed by atoms with E-state index in [4.69, 9.17) is 14.2 Å². The van der Waals surface area contributed by atoms with Crippen molar-refractivity contribution in [1.29, 1.82) is 0 Å². The van der Waals surface area contributed by atoms with Gasteiger partial charge in [0.2, 0.25) is 0 Å². The summed E-state index contributed by atoms with van der Waals surface area (Å²) in [4.78, 5) is 4.71. The molecule has 0 radical (unpaired) electrons. The van der Waals surface area contributed by atoms with Crippen molar-refractivity contribution in [2.45, 2.75) is 89.7 Å². The number of hydrogen-bond donors (Lipinski definition) is 1. The average Bonchev–Trinajstić information content (AvgIpc) is 3.10. The van der Waals surface area contributed by atoms with E-state index in [0.29, 0.717) is 68.1 Å². The highest BCUT2D eigenvalue weighted by molar-refractivity contribution is 7.91. The van der Waals surface area contributed by atoms with Gasteiger partial charge in [0.1, 0.15) is 12.4 Å². The number of rotatable bonds is 19. The molecule has 0 bridgehead atoms. The summed E-state index contributed by atoms with van der Waals surface area (Å²) in [6, 6.07) is 13.8. The van der Waals surface area contributed by atoms with E-state index in [2.05, 4.69) is 32.6 Å². The Hall–Kier alpha value is -1.88. The number of halogens is 1. The minimum Gasteiger partial charge on any atom is -1.00 e. The molecule has 0 aliphatic carbocycles. The van der Waals surface area contributed by atoms with Gasteiger partial charge in [0.15, 0.2) is 9.84 Å². The summed E-state index contributed by atoms with van der Waals surface area (Å²) in [7, 11) is 0.260. The maximum atomic E-state index is 13.8. The molecule has 0 aromatic heterocycles. The zero-order chi connectivity index (χ0) is 33.0. The highest BCUT2D eigenvalue weighted by Gasteiger charge is 2.49. The van der Waals surface area contributed by atoms with Gasteiger partial charge in [-0.2, -0.15) is 0 Å². The fourth-order valence-electron chi connectivity index (χ4n) is 6.45. The second kappa shape index (κ2) is 19.2. The number of sulfone groups is 1. The molecule has 0 spiro atoms. The minimum absolute atomic E-state index is 0. The second-order valence-electron chi connectivity index (χ2n) is 12.6. The third-order valence-corrected chi connectivity index (χ3v) is 11.6. The molecule has 1 unspecified atom stereocenters. The lowest BCUT2D eigenvalue weighted by Crippen LogP contribution is -3.00. The molecule has 8 nitrogen and oxygen atoms in total. The van der Waals surface area contributed by atoms with Crippen LogP contribution in [-0.2, 0) is 19.3 Å². The molecule has 1 aliphatic rings. The van der Waals surface area contributed by atoms with E-state index < -0.39 is 27.3 Å². The van der Waals surface area contributed by atoms with Crippen LogP contribution in [0.3, 0.4) is 0 Å². The average molecular weight is 682 g/mol. The Kier molecular flexibility index (Phi) is 16.8. The van der Waals surface area contributed by atoms with E-state index >= 15 is 0 Å². The Morgan fingerprint density at radius 3 is 2.20 bits per heavy atom. The number of benzene rings is 2. The lowest BCUT2D eigenvalue weighted by molar-refractivity contribution is -0.0000171. The first kappa shape index (κ1) is 40.3. The summed E-state index contributed by atoms with van der Waals surface area (Å²) in [6.45, 7) is 15.3. The smallest absolute Gasteiger partial charge is 0.179 e. The SMILES string of the molecule is CCCC[C@]1(CC)CS(=O)(=O)c2ccc(N(C)C)cc2[C@@H](c2ccc(OCCOCCOCCN(CC)C(C)CC)cc2)[C@H]1O.[Cl-]. The van der Waals surface area contributed by atoms with Crippen LogP contribution in [0.2, 0.25) is 0 Å². The second-order valence-corrected chi connectivity index (χ2v) is 14.6. The van der Waals surface area contributed by atoms with Crippen LogP contribution in [-0.4, -0.2) is 96.5 Å². The zero-order valence-corrected chi connectivity index (χ0v) is 30.7. The van der Waals surface area contributed by atoms with Gasteiger partial charge in [-0.1, -0.05) is 52.7 Å². The fraction of sp³-hybridized carbons (Fsp3) is 0.667. The molecule has 2 aromatic rings. The summed E-state index contributed by atoms with van der Waals surface area (Å²) in [5.41, 5.74) is 1.70. The van der Waals surface area contributed by atoms with Gasteiger partial charge in [0, 0.05) is 43.7 Å². The van der Waals surface area contributed by atoms with Crippen LogP contribution < -0.4 is 22.0 Å². The molecule has 0 amide bonds.